The van der Waals surface area contributed by atoms with Crippen molar-refractivity contribution in [3.63, 3.8) is 0 Å². The van der Waals surface area contributed by atoms with Crippen molar-refractivity contribution in [1.29, 1.82) is 0 Å². The lowest BCUT2D eigenvalue weighted by atomic mass is 10.6. The summed E-state index contributed by atoms with van der Waals surface area (Å²) >= 11 is 5.44. The summed E-state index contributed by atoms with van der Waals surface area (Å²) in [7, 11) is 1.57. The van der Waals surface area contributed by atoms with Crippen molar-refractivity contribution >= 4 is 11.6 Å². The van der Waals surface area contributed by atoms with Gasteiger partial charge in [0, 0.05) is 13.1 Å². The highest BCUT2D eigenvalue weighted by molar-refractivity contribution is 6.30. The smallest absolute Gasteiger partial charge is 0.267 e. The second-order valence-corrected chi connectivity index (χ2v) is 2.07. The maximum absolute atomic E-state index is 10.7. The summed E-state index contributed by atoms with van der Waals surface area (Å²) in [5.41, 5.74) is -0.192. The van der Waals surface area contributed by atoms with Crippen LogP contribution >= 0.6 is 11.6 Å². The number of halogens is 1. The molecule has 0 amide bonds. The molecule has 1 aromatic rings. The van der Waals surface area contributed by atoms with Crippen molar-refractivity contribution < 1.29 is 0 Å². The van der Waals surface area contributed by atoms with Crippen LogP contribution in [-0.2, 0) is 7.05 Å². The first-order chi connectivity index (χ1) is 4.20. The van der Waals surface area contributed by atoms with Crippen molar-refractivity contribution in [2.75, 3.05) is 0 Å². The predicted octanol–water partition coefficient (Wildman–Crippen LogP) is 0.434. The van der Waals surface area contributed by atoms with Gasteiger partial charge in [-0.2, -0.15) is 5.10 Å². The van der Waals surface area contributed by atoms with E-state index in [-0.39, 0.29) is 5.56 Å². The van der Waals surface area contributed by atoms with E-state index in [1.165, 1.54) is 16.9 Å². The van der Waals surface area contributed by atoms with Crippen molar-refractivity contribution in [3.05, 3.63) is 27.6 Å². The summed E-state index contributed by atoms with van der Waals surface area (Å²) < 4.78 is 1.21. The standard InChI is InChI=1S/C5H5ClN2O/c1-8-5(9)2-4(6)3-7-8/h2-3H,1H3. The molecule has 9 heavy (non-hydrogen) atoms. The fourth-order valence-electron chi connectivity index (χ4n) is 0.447. The second-order valence-electron chi connectivity index (χ2n) is 1.64. The molecule has 0 aliphatic carbocycles. The maximum Gasteiger partial charge on any atom is 0.267 e. The van der Waals surface area contributed by atoms with Gasteiger partial charge in [-0.25, -0.2) is 4.68 Å². The molecule has 0 aromatic carbocycles. The number of hydrogen-bond donors (Lipinski definition) is 0. The summed E-state index contributed by atoms with van der Waals surface area (Å²) in [6.07, 6.45) is 1.42. The first-order valence-electron chi connectivity index (χ1n) is 2.39. The van der Waals surface area contributed by atoms with Gasteiger partial charge in [0.1, 0.15) is 0 Å². The van der Waals surface area contributed by atoms with Crippen molar-refractivity contribution in [3.8, 4) is 0 Å². The Morgan fingerprint density at radius 2 is 2.44 bits per heavy atom. The third kappa shape index (κ3) is 1.29. The van der Waals surface area contributed by atoms with Gasteiger partial charge in [-0.15, -0.1) is 0 Å². The molecule has 0 atom stereocenters. The molecule has 0 N–H and O–H groups in total. The highest BCUT2D eigenvalue weighted by Gasteiger charge is 1.89. The van der Waals surface area contributed by atoms with Crippen LogP contribution in [0.2, 0.25) is 5.02 Å². The summed E-state index contributed by atoms with van der Waals surface area (Å²) in [6, 6.07) is 1.31. The van der Waals surface area contributed by atoms with E-state index in [0.717, 1.165) is 0 Å². The molecule has 0 aliphatic heterocycles. The van der Waals surface area contributed by atoms with Gasteiger partial charge in [-0.3, -0.25) is 4.79 Å². The molecule has 0 aliphatic rings. The number of hydrogen-bond acceptors (Lipinski definition) is 2. The van der Waals surface area contributed by atoms with Gasteiger partial charge in [0.05, 0.1) is 11.2 Å². The molecule has 0 radical (unpaired) electrons. The Morgan fingerprint density at radius 3 is 2.89 bits per heavy atom. The minimum Gasteiger partial charge on any atom is -0.268 e. The van der Waals surface area contributed by atoms with Crippen LogP contribution in [0.15, 0.2) is 17.1 Å². The molecule has 0 saturated heterocycles. The lowest BCUT2D eigenvalue weighted by Gasteiger charge is -1.91. The van der Waals surface area contributed by atoms with Crippen LogP contribution in [0.25, 0.3) is 0 Å². The molecule has 3 nitrogen and oxygen atoms in total. The van der Waals surface area contributed by atoms with Crippen LogP contribution in [0.5, 0.6) is 0 Å². The van der Waals surface area contributed by atoms with E-state index in [2.05, 4.69) is 5.10 Å². The van der Waals surface area contributed by atoms with Crippen molar-refractivity contribution in [2.45, 2.75) is 0 Å². The Labute approximate surface area is 56.9 Å². The Balaban J connectivity index is 3.34. The third-order valence-electron chi connectivity index (χ3n) is 0.935. The van der Waals surface area contributed by atoms with E-state index in [0.29, 0.717) is 5.02 Å². The quantitative estimate of drug-likeness (QED) is 0.530. The fourth-order valence-corrected chi connectivity index (χ4v) is 0.584. The van der Waals surface area contributed by atoms with Crippen LogP contribution in [0.4, 0.5) is 0 Å². The topological polar surface area (TPSA) is 34.9 Å². The van der Waals surface area contributed by atoms with Gasteiger partial charge >= 0.3 is 0 Å². The SMILES string of the molecule is Cn1ncc(Cl)cc1=O. The number of rotatable bonds is 0. The molecular weight excluding hydrogens is 140 g/mol. The Bertz CT molecular complexity index is 268. The summed E-state index contributed by atoms with van der Waals surface area (Å²) in [4.78, 5) is 10.7. The van der Waals surface area contributed by atoms with Crippen LogP contribution in [0, 0.1) is 0 Å². The molecule has 0 bridgehead atoms. The van der Waals surface area contributed by atoms with Crippen LogP contribution in [0.3, 0.4) is 0 Å². The van der Waals surface area contributed by atoms with Gasteiger partial charge in [0.2, 0.25) is 0 Å². The van der Waals surface area contributed by atoms with Gasteiger partial charge in [0.15, 0.2) is 0 Å². The molecule has 0 spiro atoms. The molecular formula is C5H5ClN2O. The minimum atomic E-state index is -0.192. The summed E-state index contributed by atoms with van der Waals surface area (Å²) in [5, 5.41) is 4.02. The normalized spacial score (nSPS) is 9.56. The average Bonchev–Trinajstić information content (AvgIpc) is 1.80. The Hall–Kier alpha value is -0.830. The van der Waals surface area contributed by atoms with E-state index in [1.54, 1.807) is 7.05 Å². The molecule has 1 heterocycles. The lowest BCUT2D eigenvalue weighted by molar-refractivity contribution is 0.707. The number of aryl methyl sites for hydroxylation is 1. The van der Waals surface area contributed by atoms with Crippen LogP contribution < -0.4 is 5.56 Å². The van der Waals surface area contributed by atoms with E-state index < -0.39 is 0 Å². The monoisotopic (exact) mass is 144 g/mol. The zero-order valence-corrected chi connectivity index (χ0v) is 5.59. The highest BCUT2D eigenvalue weighted by atomic mass is 35.5. The molecule has 1 aromatic heterocycles. The van der Waals surface area contributed by atoms with E-state index in [1.807, 2.05) is 0 Å². The number of aromatic nitrogens is 2. The zero-order chi connectivity index (χ0) is 6.85. The van der Waals surface area contributed by atoms with Crippen molar-refractivity contribution in [2.24, 2.45) is 7.05 Å². The highest BCUT2D eigenvalue weighted by Crippen LogP contribution is 1.97. The fraction of sp³-hybridized carbons (Fsp3) is 0.200. The second kappa shape index (κ2) is 2.19. The van der Waals surface area contributed by atoms with E-state index in [9.17, 15) is 4.79 Å². The third-order valence-corrected chi connectivity index (χ3v) is 1.14. The van der Waals surface area contributed by atoms with Crippen LogP contribution in [-0.4, -0.2) is 9.78 Å². The number of nitrogens with zero attached hydrogens (tertiary/aromatic N) is 2. The molecule has 48 valence electrons. The molecule has 0 saturated carbocycles. The summed E-state index contributed by atoms with van der Waals surface area (Å²) in [6.45, 7) is 0. The first kappa shape index (κ1) is 6.29. The molecule has 0 unspecified atom stereocenters. The van der Waals surface area contributed by atoms with Gasteiger partial charge in [-0.1, -0.05) is 11.6 Å². The largest absolute Gasteiger partial charge is 0.268 e. The minimum absolute atomic E-state index is 0.192. The molecule has 0 fully saturated rings. The first-order valence-corrected chi connectivity index (χ1v) is 2.77. The van der Waals surface area contributed by atoms with E-state index >= 15 is 0 Å². The van der Waals surface area contributed by atoms with Gasteiger partial charge in [-0.05, 0) is 0 Å². The Kier molecular flexibility index (Phi) is 1.53. The zero-order valence-electron chi connectivity index (χ0n) is 4.84. The molecule has 4 heteroatoms. The lowest BCUT2D eigenvalue weighted by Crippen LogP contribution is -2.17. The van der Waals surface area contributed by atoms with Gasteiger partial charge in [0.25, 0.3) is 5.56 Å². The maximum atomic E-state index is 10.7. The predicted molar refractivity (Wildman–Crippen MR) is 34.5 cm³/mol. The molecule has 1 rings (SSSR count). The van der Waals surface area contributed by atoms with Gasteiger partial charge < -0.3 is 0 Å². The summed E-state index contributed by atoms with van der Waals surface area (Å²) in [5.74, 6) is 0. The van der Waals surface area contributed by atoms with Crippen LogP contribution in [0.1, 0.15) is 0 Å². The van der Waals surface area contributed by atoms with E-state index in [4.69, 9.17) is 11.6 Å². The average molecular weight is 145 g/mol. The van der Waals surface area contributed by atoms with Crippen molar-refractivity contribution in [1.82, 2.24) is 9.78 Å². The Morgan fingerprint density at radius 1 is 1.78 bits per heavy atom.